The Balaban J connectivity index is 2.04. The van der Waals surface area contributed by atoms with Crippen molar-refractivity contribution in [2.24, 2.45) is 0 Å². The molecule has 0 aliphatic carbocycles. The van der Waals surface area contributed by atoms with Crippen LogP contribution in [0.5, 0.6) is 0 Å². The lowest BCUT2D eigenvalue weighted by atomic mass is 10.4. The van der Waals surface area contributed by atoms with Crippen LogP contribution in [0.2, 0.25) is 4.34 Å². The van der Waals surface area contributed by atoms with Gasteiger partial charge in [0.05, 0.1) is 10.9 Å². The van der Waals surface area contributed by atoms with Crippen LogP contribution in [-0.4, -0.2) is 33.0 Å². The summed E-state index contributed by atoms with van der Waals surface area (Å²) in [5.41, 5.74) is 0. The highest BCUT2D eigenvalue weighted by Gasteiger charge is 2.17. The lowest BCUT2D eigenvalue weighted by Crippen LogP contribution is -2.26. The smallest absolute Gasteiger partial charge is 0.293 e. The first-order valence-corrected chi connectivity index (χ1v) is 6.70. The summed E-state index contributed by atoms with van der Waals surface area (Å²) >= 11 is 7.31. The fraction of sp³-hybridized carbons (Fsp3) is 0.364. The van der Waals surface area contributed by atoms with Gasteiger partial charge in [-0.1, -0.05) is 18.5 Å². The summed E-state index contributed by atoms with van der Waals surface area (Å²) < 4.78 is 0.719. The van der Waals surface area contributed by atoms with Crippen LogP contribution in [0.1, 0.15) is 28.2 Å². The second-order valence-electron chi connectivity index (χ2n) is 3.83. The number of aryl methyl sites for hydroxylation is 1. The molecule has 0 atom stereocenters. The summed E-state index contributed by atoms with van der Waals surface area (Å²) in [5, 5.41) is 6.64. The summed E-state index contributed by atoms with van der Waals surface area (Å²) in [6.07, 6.45) is 0.727. The fourth-order valence-corrected chi connectivity index (χ4v) is 2.60. The number of thiophene rings is 1. The molecule has 2 heterocycles. The molecule has 2 aromatic rings. The van der Waals surface area contributed by atoms with Gasteiger partial charge in [-0.2, -0.15) is 0 Å². The van der Waals surface area contributed by atoms with Gasteiger partial charge < -0.3 is 4.90 Å². The van der Waals surface area contributed by atoms with Crippen molar-refractivity contribution >= 4 is 28.8 Å². The number of H-pyrrole nitrogens is 1. The highest BCUT2D eigenvalue weighted by molar-refractivity contribution is 7.16. The van der Waals surface area contributed by atoms with Crippen molar-refractivity contribution in [3.05, 3.63) is 33.0 Å². The summed E-state index contributed by atoms with van der Waals surface area (Å²) in [6, 6.07) is 3.73. The quantitative estimate of drug-likeness (QED) is 0.937. The van der Waals surface area contributed by atoms with Gasteiger partial charge >= 0.3 is 0 Å². The summed E-state index contributed by atoms with van der Waals surface area (Å²) in [5.74, 6) is 0.721. The summed E-state index contributed by atoms with van der Waals surface area (Å²) in [4.78, 5) is 18.8. The van der Waals surface area contributed by atoms with Crippen molar-refractivity contribution in [1.29, 1.82) is 0 Å². The molecule has 2 aromatic heterocycles. The first-order chi connectivity index (χ1) is 8.60. The van der Waals surface area contributed by atoms with E-state index in [9.17, 15) is 4.79 Å². The molecule has 0 saturated heterocycles. The number of nitrogens with one attached hydrogen (secondary N) is 1. The second-order valence-corrected chi connectivity index (χ2v) is 5.63. The lowest BCUT2D eigenvalue weighted by Gasteiger charge is -2.13. The standard InChI is InChI=1S/C11H13ClN4OS/c1-3-9-13-10(15-14-9)11(17)16(2)6-7-4-5-8(12)18-7/h4-5H,3,6H2,1-2H3,(H,13,14,15). The zero-order chi connectivity index (χ0) is 13.1. The van der Waals surface area contributed by atoms with Gasteiger partial charge in [0.25, 0.3) is 5.91 Å². The Bertz CT molecular complexity index is 551. The van der Waals surface area contributed by atoms with Gasteiger partial charge in [0.15, 0.2) is 0 Å². The van der Waals surface area contributed by atoms with Crippen molar-refractivity contribution in [3.63, 3.8) is 0 Å². The van der Waals surface area contributed by atoms with E-state index in [1.54, 1.807) is 11.9 Å². The minimum atomic E-state index is -0.199. The Kier molecular flexibility index (Phi) is 3.98. The molecule has 0 aliphatic heterocycles. The van der Waals surface area contributed by atoms with E-state index in [4.69, 9.17) is 11.6 Å². The molecule has 0 radical (unpaired) electrons. The molecule has 96 valence electrons. The number of halogens is 1. The first kappa shape index (κ1) is 13.0. The molecule has 0 aromatic carbocycles. The molecule has 1 N–H and O–H groups in total. The summed E-state index contributed by atoms with van der Waals surface area (Å²) in [7, 11) is 1.72. The second kappa shape index (κ2) is 5.49. The summed E-state index contributed by atoms with van der Waals surface area (Å²) in [6.45, 7) is 2.46. The van der Waals surface area contributed by atoms with E-state index >= 15 is 0 Å². The highest BCUT2D eigenvalue weighted by atomic mass is 35.5. The number of aromatic nitrogens is 3. The Morgan fingerprint density at radius 1 is 1.56 bits per heavy atom. The molecule has 0 saturated carbocycles. The van der Waals surface area contributed by atoms with Crippen LogP contribution in [0, 0.1) is 0 Å². The third-order valence-electron chi connectivity index (χ3n) is 2.43. The van der Waals surface area contributed by atoms with Crippen LogP contribution >= 0.6 is 22.9 Å². The van der Waals surface area contributed by atoms with Gasteiger partial charge in [0.1, 0.15) is 5.82 Å². The Morgan fingerprint density at radius 2 is 2.33 bits per heavy atom. The van der Waals surface area contributed by atoms with Crippen LogP contribution in [0.15, 0.2) is 12.1 Å². The molecule has 0 bridgehead atoms. The average Bonchev–Trinajstić information content (AvgIpc) is 2.97. The van der Waals surface area contributed by atoms with Gasteiger partial charge in [-0.3, -0.25) is 9.89 Å². The maximum absolute atomic E-state index is 12.0. The van der Waals surface area contributed by atoms with Gasteiger partial charge in [0.2, 0.25) is 5.82 Å². The van der Waals surface area contributed by atoms with E-state index in [1.807, 2.05) is 19.1 Å². The van der Waals surface area contributed by atoms with Crippen molar-refractivity contribution < 1.29 is 4.79 Å². The largest absolute Gasteiger partial charge is 0.334 e. The fourth-order valence-electron chi connectivity index (χ4n) is 1.46. The van der Waals surface area contributed by atoms with E-state index < -0.39 is 0 Å². The maximum Gasteiger partial charge on any atom is 0.293 e. The molecule has 2 rings (SSSR count). The van der Waals surface area contributed by atoms with Crippen LogP contribution in [0.3, 0.4) is 0 Å². The van der Waals surface area contributed by atoms with E-state index in [2.05, 4.69) is 15.2 Å². The molecule has 0 spiro atoms. The molecule has 5 nitrogen and oxygen atoms in total. The number of hydrogen-bond donors (Lipinski definition) is 1. The molecular weight excluding hydrogens is 272 g/mol. The third kappa shape index (κ3) is 2.88. The SMILES string of the molecule is CCc1nc(C(=O)N(C)Cc2ccc(Cl)s2)n[nH]1. The maximum atomic E-state index is 12.0. The third-order valence-corrected chi connectivity index (χ3v) is 3.64. The van der Waals surface area contributed by atoms with Crippen LogP contribution in [-0.2, 0) is 13.0 Å². The minimum Gasteiger partial charge on any atom is -0.334 e. The zero-order valence-electron chi connectivity index (χ0n) is 10.1. The predicted octanol–water partition coefficient (Wildman–Crippen LogP) is 2.35. The molecule has 1 amide bonds. The highest BCUT2D eigenvalue weighted by Crippen LogP contribution is 2.22. The number of carbonyl (C=O) groups excluding carboxylic acids is 1. The molecule has 0 aliphatic rings. The van der Waals surface area contributed by atoms with Crippen molar-refractivity contribution in [2.75, 3.05) is 7.05 Å². The number of carbonyl (C=O) groups is 1. The van der Waals surface area contributed by atoms with E-state index in [1.165, 1.54) is 11.3 Å². The van der Waals surface area contributed by atoms with E-state index in [-0.39, 0.29) is 11.7 Å². The van der Waals surface area contributed by atoms with E-state index in [0.717, 1.165) is 15.6 Å². The topological polar surface area (TPSA) is 61.9 Å². The Labute approximate surface area is 114 Å². The van der Waals surface area contributed by atoms with E-state index in [0.29, 0.717) is 12.4 Å². The predicted molar refractivity (Wildman–Crippen MR) is 70.9 cm³/mol. The first-order valence-electron chi connectivity index (χ1n) is 5.51. The number of rotatable bonds is 4. The number of amides is 1. The number of hydrogen-bond acceptors (Lipinski definition) is 4. The average molecular weight is 285 g/mol. The van der Waals surface area contributed by atoms with Gasteiger partial charge in [-0.05, 0) is 12.1 Å². The lowest BCUT2D eigenvalue weighted by molar-refractivity contribution is 0.0774. The van der Waals surface area contributed by atoms with Crippen LogP contribution in [0.4, 0.5) is 0 Å². The number of nitrogens with zero attached hydrogens (tertiary/aromatic N) is 3. The normalized spacial score (nSPS) is 10.6. The van der Waals surface area contributed by atoms with Crippen molar-refractivity contribution in [2.45, 2.75) is 19.9 Å². The molecule has 7 heteroatoms. The monoisotopic (exact) mass is 284 g/mol. The molecular formula is C11H13ClN4OS. The Hall–Kier alpha value is -1.40. The van der Waals surface area contributed by atoms with Gasteiger partial charge in [-0.15, -0.1) is 16.4 Å². The number of aromatic amines is 1. The zero-order valence-corrected chi connectivity index (χ0v) is 11.7. The minimum absolute atomic E-state index is 0.199. The van der Waals surface area contributed by atoms with Crippen molar-refractivity contribution in [1.82, 2.24) is 20.1 Å². The molecule has 0 unspecified atom stereocenters. The van der Waals surface area contributed by atoms with Crippen molar-refractivity contribution in [3.8, 4) is 0 Å². The Morgan fingerprint density at radius 3 is 2.89 bits per heavy atom. The van der Waals surface area contributed by atoms with Gasteiger partial charge in [-0.25, -0.2) is 4.98 Å². The van der Waals surface area contributed by atoms with Gasteiger partial charge in [0, 0.05) is 18.3 Å². The van der Waals surface area contributed by atoms with Crippen LogP contribution in [0.25, 0.3) is 0 Å². The van der Waals surface area contributed by atoms with Crippen LogP contribution < -0.4 is 0 Å². The molecule has 18 heavy (non-hydrogen) atoms. The molecule has 0 fully saturated rings.